The summed E-state index contributed by atoms with van der Waals surface area (Å²) in [5.41, 5.74) is 1.69. The van der Waals surface area contributed by atoms with Crippen LogP contribution in [-0.2, 0) is 4.79 Å². The van der Waals surface area contributed by atoms with E-state index in [0.717, 1.165) is 30.5 Å². The minimum absolute atomic E-state index is 0.127. The Kier molecular flexibility index (Phi) is 5.47. The number of rotatable bonds is 4. The zero-order valence-electron chi connectivity index (χ0n) is 13.9. The number of hydrogen-bond donors (Lipinski definition) is 0. The fraction of sp³-hybridized carbons (Fsp3) is 0.500. The Morgan fingerprint density at radius 2 is 1.95 bits per heavy atom. The zero-order valence-corrected chi connectivity index (χ0v) is 13.9. The monoisotopic (exact) mass is 303 g/mol. The molecular formula is C18H25NO3. The summed E-state index contributed by atoms with van der Waals surface area (Å²) in [5.74, 6) is 1.48. The fourth-order valence-corrected chi connectivity index (χ4v) is 2.88. The van der Waals surface area contributed by atoms with Gasteiger partial charge in [0, 0.05) is 18.2 Å². The third-order valence-corrected chi connectivity index (χ3v) is 4.19. The Hall–Kier alpha value is -1.97. The van der Waals surface area contributed by atoms with Crippen LogP contribution in [0.2, 0.25) is 0 Å². The topological polar surface area (TPSA) is 38.8 Å². The lowest BCUT2D eigenvalue weighted by Gasteiger charge is -2.33. The standard InChI is InChI=1S/C18H25NO3/c1-13(18(20)19-10-6-5-7-14(19)2)11-15-8-9-16(21-3)17(12-15)22-4/h8-9,11-12,14H,5-7,10H2,1-4H3/b13-11+. The molecule has 4 nitrogen and oxygen atoms in total. The van der Waals surface area contributed by atoms with Crippen LogP contribution < -0.4 is 9.47 Å². The van der Waals surface area contributed by atoms with Crippen molar-refractivity contribution in [1.82, 2.24) is 4.90 Å². The number of benzene rings is 1. The number of hydrogen-bond acceptors (Lipinski definition) is 3. The molecule has 2 rings (SSSR count). The molecule has 1 amide bonds. The van der Waals surface area contributed by atoms with Gasteiger partial charge in [0.15, 0.2) is 11.5 Å². The van der Waals surface area contributed by atoms with Gasteiger partial charge in [0.1, 0.15) is 0 Å². The van der Waals surface area contributed by atoms with E-state index in [1.807, 2.05) is 36.1 Å². The van der Waals surface area contributed by atoms with Crippen LogP contribution in [0.15, 0.2) is 23.8 Å². The molecule has 1 aromatic rings. The van der Waals surface area contributed by atoms with Gasteiger partial charge in [-0.3, -0.25) is 4.79 Å². The van der Waals surface area contributed by atoms with E-state index in [4.69, 9.17) is 9.47 Å². The van der Waals surface area contributed by atoms with E-state index in [9.17, 15) is 4.79 Å². The van der Waals surface area contributed by atoms with Gasteiger partial charge in [-0.2, -0.15) is 0 Å². The first kappa shape index (κ1) is 16.4. The number of likely N-dealkylation sites (tertiary alicyclic amines) is 1. The molecule has 1 aromatic carbocycles. The lowest BCUT2D eigenvalue weighted by atomic mass is 10.0. The fourth-order valence-electron chi connectivity index (χ4n) is 2.88. The first-order valence-corrected chi connectivity index (χ1v) is 7.78. The summed E-state index contributed by atoms with van der Waals surface area (Å²) in [5, 5.41) is 0. The smallest absolute Gasteiger partial charge is 0.249 e. The first-order valence-electron chi connectivity index (χ1n) is 7.78. The maximum atomic E-state index is 12.6. The van der Waals surface area contributed by atoms with Crippen molar-refractivity contribution in [3.05, 3.63) is 29.3 Å². The second-order valence-electron chi connectivity index (χ2n) is 5.79. The molecule has 22 heavy (non-hydrogen) atoms. The quantitative estimate of drug-likeness (QED) is 0.799. The van der Waals surface area contributed by atoms with Crippen LogP contribution in [0.5, 0.6) is 11.5 Å². The molecule has 1 fully saturated rings. The van der Waals surface area contributed by atoms with Gasteiger partial charge in [-0.15, -0.1) is 0 Å². The highest BCUT2D eigenvalue weighted by atomic mass is 16.5. The summed E-state index contributed by atoms with van der Waals surface area (Å²) in [7, 11) is 3.22. The number of nitrogens with zero attached hydrogens (tertiary/aromatic N) is 1. The second-order valence-corrected chi connectivity index (χ2v) is 5.79. The molecule has 1 saturated heterocycles. The Morgan fingerprint density at radius 3 is 2.59 bits per heavy atom. The molecular weight excluding hydrogens is 278 g/mol. The van der Waals surface area contributed by atoms with Crippen molar-refractivity contribution >= 4 is 12.0 Å². The second kappa shape index (κ2) is 7.34. The number of ether oxygens (including phenoxy) is 2. The molecule has 1 aliphatic rings. The average Bonchev–Trinajstić information content (AvgIpc) is 2.54. The van der Waals surface area contributed by atoms with E-state index < -0.39 is 0 Å². The maximum absolute atomic E-state index is 12.6. The Morgan fingerprint density at radius 1 is 1.23 bits per heavy atom. The highest BCUT2D eigenvalue weighted by molar-refractivity contribution is 5.97. The Balaban J connectivity index is 2.19. The summed E-state index contributed by atoms with van der Waals surface area (Å²) in [6.45, 7) is 4.86. The van der Waals surface area contributed by atoms with Crippen molar-refractivity contribution in [3.63, 3.8) is 0 Å². The third-order valence-electron chi connectivity index (χ3n) is 4.19. The van der Waals surface area contributed by atoms with E-state index in [2.05, 4.69) is 6.92 Å². The van der Waals surface area contributed by atoms with E-state index in [1.165, 1.54) is 6.42 Å². The molecule has 1 unspecified atom stereocenters. The van der Waals surface area contributed by atoms with Crippen molar-refractivity contribution < 1.29 is 14.3 Å². The largest absolute Gasteiger partial charge is 0.493 e. The van der Waals surface area contributed by atoms with E-state index in [0.29, 0.717) is 17.5 Å². The van der Waals surface area contributed by atoms with E-state index in [-0.39, 0.29) is 5.91 Å². The van der Waals surface area contributed by atoms with Crippen LogP contribution >= 0.6 is 0 Å². The number of piperidine rings is 1. The number of amides is 1. The summed E-state index contributed by atoms with van der Waals surface area (Å²) in [6.07, 6.45) is 5.31. The van der Waals surface area contributed by atoms with Gasteiger partial charge in [0.25, 0.3) is 0 Å². The van der Waals surface area contributed by atoms with E-state index in [1.54, 1.807) is 14.2 Å². The SMILES string of the molecule is COc1ccc(/C=C(\C)C(=O)N2CCCCC2C)cc1OC. The Labute approximate surface area is 132 Å². The van der Waals surface area contributed by atoms with Crippen LogP contribution in [-0.4, -0.2) is 37.6 Å². The van der Waals surface area contributed by atoms with Crippen LogP contribution in [0, 0.1) is 0 Å². The molecule has 4 heteroatoms. The number of carbonyl (C=O) groups is 1. The summed E-state index contributed by atoms with van der Waals surface area (Å²) < 4.78 is 10.5. The van der Waals surface area contributed by atoms with Crippen LogP contribution in [0.3, 0.4) is 0 Å². The molecule has 0 bridgehead atoms. The highest BCUT2D eigenvalue weighted by Crippen LogP contribution is 2.28. The number of carbonyl (C=O) groups excluding carboxylic acids is 1. The Bertz CT molecular complexity index is 565. The van der Waals surface area contributed by atoms with Crippen molar-refractivity contribution in [2.45, 2.75) is 39.2 Å². The third kappa shape index (κ3) is 3.62. The normalized spacial score (nSPS) is 19.0. The van der Waals surface area contributed by atoms with E-state index >= 15 is 0 Å². The minimum Gasteiger partial charge on any atom is -0.493 e. The molecule has 1 aliphatic heterocycles. The van der Waals surface area contributed by atoms with Crippen molar-refractivity contribution in [1.29, 1.82) is 0 Å². The van der Waals surface area contributed by atoms with Crippen molar-refractivity contribution in [3.8, 4) is 11.5 Å². The molecule has 0 N–H and O–H groups in total. The van der Waals surface area contributed by atoms with Gasteiger partial charge in [0.2, 0.25) is 5.91 Å². The minimum atomic E-state index is 0.127. The number of methoxy groups -OCH3 is 2. The van der Waals surface area contributed by atoms with Gasteiger partial charge >= 0.3 is 0 Å². The summed E-state index contributed by atoms with van der Waals surface area (Å²) in [4.78, 5) is 14.6. The summed E-state index contributed by atoms with van der Waals surface area (Å²) >= 11 is 0. The maximum Gasteiger partial charge on any atom is 0.249 e. The molecule has 120 valence electrons. The molecule has 0 saturated carbocycles. The van der Waals surface area contributed by atoms with Crippen LogP contribution in [0.1, 0.15) is 38.7 Å². The van der Waals surface area contributed by atoms with Crippen LogP contribution in [0.4, 0.5) is 0 Å². The van der Waals surface area contributed by atoms with Crippen LogP contribution in [0.25, 0.3) is 6.08 Å². The van der Waals surface area contributed by atoms with Gasteiger partial charge in [0.05, 0.1) is 14.2 Å². The first-order chi connectivity index (χ1) is 10.6. The predicted molar refractivity (Wildman–Crippen MR) is 88.2 cm³/mol. The molecule has 1 heterocycles. The molecule has 0 aliphatic carbocycles. The lowest BCUT2D eigenvalue weighted by molar-refractivity contribution is -0.130. The summed E-state index contributed by atoms with van der Waals surface area (Å²) in [6, 6.07) is 5.99. The van der Waals surface area contributed by atoms with Gasteiger partial charge < -0.3 is 14.4 Å². The lowest BCUT2D eigenvalue weighted by Crippen LogP contribution is -2.42. The average molecular weight is 303 g/mol. The van der Waals surface area contributed by atoms with Gasteiger partial charge in [-0.05, 0) is 56.9 Å². The molecule has 1 atom stereocenters. The predicted octanol–water partition coefficient (Wildman–Crippen LogP) is 3.51. The zero-order chi connectivity index (χ0) is 16.1. The highest BCUT2D eigenvalue weighted by Gasteiger charge is 2.23. The van der Waals surface area contributed by atoms with Crippen molar-refractivity contribution in [2.75, 3.05) is 20.8 Å². The molecule has 0 spiro atoms. The van der Waals surface area contributed by atoms with Crippen molar-refractivity contribution in [2.24, 2.45) is 0 Å². The van der Waals surface area contributed by atoms with Gasteiger partial charge in [-0.1, -0.05) is 6.07 Å². The molecule has 0 aromatic heterocycles. The molecule has 0 radical (unpaired) electrons. The van der Waals surface area contributed by atoms with Gasteiger partial charge in [-0.25, -0.2) is 0 Å².